The molecule has 0 saturated heterocycles. The van der Waals surface area contributed by atoms with Crippen molar-refractivity contribution in [2.45, 2.75) is 65.9 Å². The summed E-state index contributed by atoms with van der Waals surface area (Å²) in [5.41, 5.74) is 3.28. The maximum atomic E-state index is 9.65. The largest absolute Gasteiger partial charge is 0.378 e. The smallest absolute Gasteiger partial charge is 0.122 e. The summed E-state index contributed by atoms with van der Waals surface area (Å²) in [7, 11) is 0. The van der Waals surface area contributed by atoms with Crippen LogP contribution in [0.1, 0.15) is 60.3 Å². The van der Waals surface area contributed by atoms with Crippen LogP contribution >= 0.6 is 0 Å². The summed E-state index contributed by atoms with van der Waals surface area (Å²) in [4.78, 5) is 0. The quantitative estimate of drug-likeness (QED) is 0.538. The van der Waals surface area contributed by atoms with E-state index in [0.717, 1.165) is 19.3 Å². The van der Waals surface area contributed by atoms with Crippen molar-refractivity contribution in [2.24, 2.45) is 0 Å². The van der Waals surface area contributed by atoms with Gasteiger partial charge in [-0.2, -0.15) is 0 Å². The highest BCUT2D eigenvalue weighted by molar-refractivity contribution is 5.11. The second-order valence-corrected chi connectivity index (χ2v) is 5.29. The average Bonchev–Trinajstić information content (AvgIpc) is 2.25. The molecule has 0 aromatic carbocycles. The summed E-state index contributed by atoms with van der Waals surface area (Å²) >= 11 is 0. The van der Waals surface area contributed by atoms with Gasteiger partial charge in [0.05, 0.1) is 0 Å². The van der Waals surface area contributed by atoms with Crippen molar-refractivity contribution >= 4 is 0 Å². The van der Waals surface area contributed by atoms with Gasteiger partial charge >= 0.3 is 0 Å². The van der Waals surface area contributed by atoms with Crippen molar-refractivity contribution in [1.29, 1.82) is 0 Å². The third kappa shape index (κ3) is 7.82. The van der Waals surface area contributed by atoms with Crippen molar-refractivity contribution in [3.05, 3.63) is 22.8 Å². The van der Waals surface area contributed by atoms with Crippen LogP contribution in [0.15, 0.2) is 22.8 Å². The number of allylic oxidation sites excluding steroid dienone is 4. The van der Waals surface area contributed by atoms with Gasteiger partial charge in [-0.3, -0.25) is 0 Å². The molecule has 0 aromatic heterocycles. The Morgan fingerprint density at radius 3 is 2.29 bits per heavy atom. The molecule has 1 nitrogen and oxygen atoms in total. The van der Waals surface area contributed by atoms with Gasteiger partial charge in [0, 0.05) is 0 Å². The fourth-order valence-electron chi connectivity index (χ4n) is 1.41. The second-order valence-electron chi connectivity index (χ2n) is 5.29. The first-order chi connectivity index (χ1) is 7.78. The number of rotatable bonds is 6. The molecule has 1 unspecified atom stereocenters. The molecule has 0 saturated carbocycles. The van der Waals surface area contributed by atoms with Gasteiger partial charge in [-0.1, -0.05) is 28.7 Å². The normalized spacial score (nSPS) is 15.0. The molecule has 17 heavy (non-hydrogen) atoms. The van der Waals surface area contributed by atoms with Crippen LogP contribution in [-0.4, -0.2) is 10.7 Å². The summed E-state index contributed by atoms with van der Waals surface area (Å²) in [6.07, 6.45) is 11.1. The Hall–Kier alpha value is -1.00. The minimum atomic E-state index is -0.966. The first-order valence-corrected chi connectivity index (χ1v) is 6.27. The van der Waals surface area contributed by atoms with Crippen molar-refractivity contribution in [1.82, 2.24) is 0 Å². The minimum Gasteiger partial charge on any atom is -0.378 e. The van der Waals surface area contributed by atoms with E-state index in [2.05, 4.69) is 39.7 Å². The number of terminal acetylenes is 1. The summed E-state index contributed by atoms with van der Waals surface area (Å²) in [5, 5.41) is 9.65. The Bertz CT molecular complexity index is 333. The predicted molar refractivity (Wildman–Crippen MR) is 75.7 cm³/mol. The molecule has 0 bridgehead atoms. The van der Waals surface area contributed by atoms with E-state index in [1.54, 1.807) is 6.92 Å². The molecule has 1 atom stereocenters. The summed E-state index contributed by atoms with van der Waals surface area (Å²) in [6, 6.07) is 0. The van der Waals surface area contributed by atoms with E-state index >= 15 is 0 Å². The zero-order chi connectivity index (χ0) is 13.5. The van der Waals surface area contributed by atoms with Gasteiger partial charge < -0.3 is 5.11 Å². The van der Waals surface area contributed by atoms with Gasteiger partial charge in [0.25, 0.3) is 0 Å². The van der Waals surface area contributed by atoms with Gasteiger partial charge in [-0.15, -0.1) is 6.42 Å². The molecular formula is C16H26O. The Kier molecular flexibility index (Phi) is 6.92. The molecule has 0 aromatic rings. The SMILES string of the molecule is C#CC(C)(O)CC/C=C(\C)CCC(C)=C(C)C. The fraction of sp³-hybridized carbons (Fsp3) is 0.625. The van der Waals surface area contributed by atoms with E-state index < -0.39 is 5.60 Å². The maximum absolute atomic E-state index is 9.65. The lowest BCUT2D eigenvalue weighted by molar-refractivity contribution is 0.113. The van der Waals surface area contributed by atoms with Crippen LogP contribution in [0.5, 0.6) is 0 Å². The van der Waals surface area contributed by atoms with Crippen LogP contribution in [0.25, 0.3) is 0 Å². The summed E-state index contributed by atoms with van der Waals surface area (Å²) in [6.45, 7) is 10.3. The first kappa shape index (κ1) is 16.0. The van der Waals surface area contributed by atoms with E-state index in [4.69, 9.17) is 6.42 Å². The first-order valence-electron chi connectivity index (χ1n) is 6.27. The highest BCUT2D eigenvalue weighted by Gasteiger charge is 2.14. The van der Waals surface area contributed by atoms with Crippen LogP contribution in [0, 0.1) is 12.3 Å². The van der Waals surface area contributed by atoms with Gasteiger partial charge in [-0.05, 0) is 60.3 Å². The topological polar surface area (TPSA) is 20.2 Å². The van der Waals surface area contributed by atoms with Gasteiger partial charge in [0.1, 0.15) is 5.60 Å². The van der Waals surface area contributed by atoms with E-state index in [1.807, 2.05) is 0 Å². The fourth-order valence-corrected chi connectivity index (χ4v) is 1.41. The molecule has 0 spiro atoms. The number of hydrogen-bond acceptors (Lipinski definition) is 1. The Labute approximate surface area is 107 Å². The van der Waals surface area contributed by atoms with E-state index in [9.17, 15) is 5.11 Å². The molecule has 0 rings (SSSR count). The lowest BCUT2D eigenvalue weighted by Gasteiger charge is -2.14. The molecule has 0 aliphatic carbocycles. The van der Waals surface area contributed by atoms with Crippen LogP contribution < -0.4 is 0 Å². The van der Waals surface area contributed by atoms with Crippen LogP contribution in [0.2, 0.25) is 0 Å². The Balaban J connectivity index is 4.05. The average molecular weight is 234 g/mol. The standard InChI is InChI=1S/C16H26O/c1-7-16(6,17)12-8-9-14(4)10-11-15(5)13(2)3/h1,9,17H,8,10-12H2,2-6H3/b14-9+. The molecule has 0 amide bonds. The molecule has 0 radical (unpaired) electrons. The van der Waals surface area contributed by atoms with E-state index in [-0.39, 0.29) is 0 Å². The van der Waals surface area contributed by atoms with Gasteiger partial charge in [0.15, 0.2) is 0 Å². The maximum Gasteiger partial charge on any atom is 0.122 e. The van der Waals surface area contributed by atoms with Crippen molar-refractivity contribution in [3.8, 4) is 12.3 Å². The van der Waals surface area contributed by atoms with Crippen molar-refractivity contribution in [3.63, 3.8) is 0 Å². The molecule has 0 fully saturated rings. The number of aliphatic hydroxyl groups is 1. The third-order valence-electron chi connectivity index (χ3n) is 3.18. The molecule has 0 aliphatic heterocycles. The zero-order valence-corrected chi connectivity index (χ0v) is 11.9. The van der Waals surface area contributed by atoms with Crippen LogP contribution in [-0.2, 0) is 0 Å². The summed E-state index contributed by atoms with van der Waals surface area (Å²) in [5.74, 6) is 2.40. The monoisotopic (exact) mass is 234 g/mol. The predicted octanol–water partition coefficient (Wildman–Crippen LogP) is 4.23. The van der Waals surface area contributed by atoms with E-state index in [1.165, 1.54) is 16.7 Å². The van der Waals surface area contributed by atoms with Crippen LogP contribution in [0.3, 0.4) is 0 Å². The Morgan fingerprint density at radius 2 is 1.82 bits per heavy atom. The highest BCUT2D eigenvalue weighted by atomic mass is 16.3. The molecule has 1 heteroatoms. The van der Waals surface area contributed by atoms with Crippen molar-refractivity contribution < 1.29 is 5.11 Å². The number of hydrogen-bond donors (Lipinski definition) is 1. The van der Waals surface area contributed by atoms with Gasteiger partial charge in [-0.25, -0.2) is 0 Å². The molecule has 1 N–H and O–H groups in total. The molecular weight excluding hydrogens is 208 g/mol. The van der Waals surface area contributed by atoms with Crippen LogP contribution in [0.4, 0.5) is 0 Å². The van der Waals surface area contributed by atoms with E-state index in [0.29, 0.717) is 6.42 Å². The molecule has 0 aliphatic rings. The minimum absolute atomic E-state index is 0.627. The molecule has 0 heterocycles. The lowest BCUT2D eigenvalue weighted by atomic mass is 9.98. The third-order valence-corrected chi connectivity index (χ3v) is 3.18. The van der Waals surface area contributed by atoms with Gasteiger partial charge in [0.2, 0.25) is 0 Å². The summed E-state index contributed by atoms with van der Waals surface area (Å²) < 4.78 is 0. The lowest BCUT2D eigenvalue weighted by Crippen LogP contribution is -2.20. The zero-order valence-electron chi connectivity index (χ0n) is 11.9. The Morgan fingerprint density at radius 1 is 1.24 bits per heavy atom. The highest BCUT2D eigenvalue weighted by Crippen LogP contribution is 2.16. The second kappa shape index (κ2) is 7.35. The molecule has 96 valence electrons. The van der Waals surface area contributed by atoms with Crippen molar-refractivity contribution in [2.75, 3.05) is 0 Å².